The van der Waals surface area contributed by atoms with Crippen LogP contribution in [0.1, 0.15) is 41.0 Å². The molecule has 28 heavy (non-hydrogen) atoms. The number of rotatable bonds is 8. The Labute approximate surface area is 166 Å². The zero-order chi connectivity index (χ0) is 20.1. The van der Waals surface area contributed by atoms with E-state index in [2.05, 4.69) is 17.2 Å². The van der Waals surface area contributed by atoms with Crippen LogP contribution in [-0.2, 0) is 6.42 Å². The van der Waals surface area contributed by atoms with Crippen LogP contribution in [0.15, 0.2) is 36.4 Å². The first-order valence-corrected chi connectivity index (χ1v) is 9.79. The number of nitrogens with one attached hydrogen (secondary N) is 2. The number of fused-ring (bicyclic) bond motifs is 1. The summed E-state index contributed by atoms with van der Waals surface area (Å²) in [5.41, 5.74) is 5.15. The highest BCUT2D eigenvalue weighted by molar-refractivity contribution is 5.99. The van der Waals surface area contributed by atoms with Gasteiger partial charge in [0, 0.05) is 28.7 Å². The molecule has 3 aromatic rings. The Morgan fingerprint density at radius 2 is 1.75 bits per heavy atom. The molecule has 1 heterocycles. The molecule has 0 saturated carbocycles. The van der Waals surface area contributed by atoms with Gasteiger partial charge in [0.2, 0.25) is 0 Å². The number of carbonyl (C=O) groups excluding carboxylic acids is 1. The summed E-state index contributed by atoms with van der Waals surface area (Å²) in [5, 5.41) is 4.10. The third-order valence-corrected chi connectivity index (χ3v) is 4.88. The number of aromatic amines is 1. The fourth-order valence-electron chi connectivity index (χ4n) is 3.28. The van der Waals surface area contributed by atoms with Gasteiger partial charge < -0.3 is 19.8 Å². The fraction of sp³-hybridized carbons (Fsp3) is 0.348. The summed E-state index contributed by atoms with van der Waals surface area (Å²) >= 11 is 0. The highest BCUT2D eigenvalue weighted by Crippen LogP contribution is 2.28. The first kappa shape index (κ1) is 19.8. The van der Waals surface area contributed by atoms with Crippen LogP contribution in [0, 0.1) is 13.8 Å². The number of carbonyl (C=O) groups is 1. The minimum atomic E-state index is -0.0591. The van der Waals surface area contributed by atoms with Gasteiger partial charge in [0.05, 0.1) is 13.2 Å². The van der Waals surface area contributed by atoms with Gasteiger partial charge in [0.25, 0.3) is 5.91 Å². The minimum absolute atomic E-state index is 0.0591. The fourth-order valence-corrected chi connectivity index (χ4v) is 3.28. The molecular weight excluding hydrogens is 352 g/mol. The Morgan fingerprint density at radius 3 is 2.50 bits per heavy atom. The highest BCUT2D eigenvalue weighted by atomic mass is 16.5. The van der Waals surface area contributed by atoms with Crippen LogP contribution in [0.3, 0.4) is 0 Å². The van der Waals surface area contributed by atoms with Crippen molar-refractivity contribution in [1.82, 2.24) is 10.3 Å². The molecule has 3 rings (SSSR count). The Morgan fingerprint density at radius 1 is 1.00 bits per heavy atom. The van der Waals surface area contributed by atoms with E-state index in [-0.39, 0.29) is 5.91 Å². The first-order valence-electron chi connectivity index (χ1n) is 9.79. The molecule has 0 aliphatic rings. The van der Waals surface area contributed by atoms with Crippen molar-refractivity contribution in [2.24, 2.45) is 0 Å². The lowest BCUT2D eigenvalue weighted by atomic mass is 10.1. The Bertz CT molecular complexity index is 975. The van der Waals surface area contributed by atoms with E-state index in [9.17, 15) is 4.79 Å². The van der Waals surface area contributed by atoms with E-state index in [4.69, 9.17) is 9.47 Å². The van der Waals surface area contributed by atoms with Gasteiger partial charge >= 0.3 is 0 Å². The maximum atomic E-state index is 12.5. The van der Waals surface area contributed by atoms with Gasteiger partial charge in [0.1, 0.15) is 0 Å². The van der Waals surface area contributed by atoms with Gasteiger partial charge in [-0.05, 0) is 75.6 Å². The van der Waals surface area contributed by atoms with Crippen molar-refractivity contribution in [3.05, 3.63) is 58.8 Å². The van der Waals surface area contributed by atoms with Crippen molar-refractivity contribution in [3.63, 3.8) is 0 Å². The molecule has 0 saturated heterocycles. The molecule has 2 aromatic carbocycles. The number of aromatic nitrogens is 1. The van der Waals surface area contributed by atoms with E-state index in [1.54, 1.807) is 0 Å². The molecule has 0 aliphatic carbocycles. The molecule has 0 atom stereocenters. The third kappa shape index (κ3) is 4.30. The van der Waals surface area contributed by atoms with Crippen molar-refractivity contribution in [2.45, 2.75) is 34.1 Å². The molecule has 0 unspecified atom stereocenters. The average Bonchev–Trinajstić information content (AvgIpc) is 2.97. The topological polar surface area (TPSA) is 63.3 Å². The van der Waals surface area contributed by atoms with Crippen LogP contribution in [-0.4, -0.2) is 30.6 Å². The van der Waals surface area contributed by atoms with Crippen molar-refractivity contribution >= 4 is 16.8 Å². The summed E-state index contributed by atoms with van der Waals surface area (Å²) < 4.78 is 11.3. The average molecular weight is 380 g/mol. The lowest BCUT2D eigenvalue weighted by molar-refractivity contribution is 0.0954. The number of H-pyrrole nitrogens is 1. The normalized spacial score (nSPS) is 10.9. The molecule has 0 bridgehead atoms. The second kappa shape index (κ2) is 8.83. The van der Waals surface area contributed by atoms with E-state index in [0.29, 0.717) is 25.3 Å². The Hall–Kier alpha value is -2.95. The largest absolute Gasteiger partial charge is 0.490 e. The molecule has 5 heteroatoms. The van der Waals surface area contributed by atoms with E-state index in [1.807, 2.05) is 57.2 Å². The predicted molar refractivity (Wildman–Crippen MR) is 113 cm³/mol. The van der Waals surface area contributed by atoms with Gasteiger partial charge in [-0.25, -0.2) is 0 Å². The van der Waals surface area contributed by atoms with Crippen molar-refractivity contribution in [2.75, 3.05) is 19.8 Å². The molecule has 2 N–H and O–H groups in total. The molecule has 5 nitrogen and oxygen atoms in total. The predicted octanol–water partition coefficient (Wildman–Crippen LogP) is 4.55. The number of hydrogen-bond acceptors (Lipinski definition) is 3. The highest BCUT2D eigenvalue weighted by Gasteiger charge is 2.10. The lowest BCUT2D eigenvalue weighted by Crippen LogP contribution is -2.25. The zero-order valence-corrected chi connectivity index (χ0v) is 17.0. The summed E-state index contributed by atoms with van der Waals surface area (Å²) in [6.07, 6.45) is 0.725. The van der Waals surface area contributed by atoms with Crippen molar-refractivity contribution in [1.29, 1.82) is 0 Å². The van der Waals surface area contributed by atoms with Gasteiger partial charge in [-0.2, -0.15) is 0 Å². The minimum Gasteiger partial charge on any atom is -0.490 e. The summed E-state index contributed by atoms with van der Waals surface area (Å²) in [5.74, 6) is 1.44. The van der Waals surface area contributed by atoms with Gasteiger partial charge in [-0.1, -0.05) is 6.07 Å². The van der Waals surface area contributed by atoms with E-state index in [1.165, 1.54) is 5.56 Å². The second-order valence-electron chi connectivity index (χ2n) is 6.79. The number of hydrogen-bond donors (Lipinski definition) is 2. The van der Waals surface area contributed by atoms with Crippen LogP contribution in [0.4, 0.5) is 0 Å². The number of amides is 1. The zero-order valence-electron chi connectivity index (χ0n) is 17.0. The molecule has 1 amide bonds. The maximum Gasteiger partial charge on any atom is 0.251 e. The third-order valence-electron chi connectivity index (χ3n) is 4.88. The van der Waals surface area contributed by atoms with Gasteiger partial charge in [-0.3, -0.25) is 4.79 Å². The Kier molecular flexibility index (Phi) is 6.24. The van der Waals surface area contributed by atoms with E-state index < -0.39 is 0 Å². The SMILES string of the molecule is CCOc1ccc(CCNC(=O)c2ccc3[nH]c(C)c(C)c3c2)cc1OCC. The van der Waals surface area contributed by atoms with Gasteiger partial charge in [0.15, 0.2) is 11.5 Å². The van der Waals surface area contributed by atoms with Crippen LogP contribution in [0.5, 0.6) is 11.5 Å². The molecule has 0 radical (unpaired) electrons. The second-order valence-corrected chi connectivity index (χ2v) is 6.79. The number of aryl methyl sites for hydroxylation is 2. The van der Waals surface area contributed by atoms with Crippen molar-refractivity contribution in [3.8, 4) is 11.5 Å². The standard InChI is InChI=1S/C23H28N2O3/c1-5-27-21-10-7-17(13-22(21)28-6-2)11-12-24-23(26)18-8-9-20-19(14-18)15(3)16(4)25-20/h7-10,13-14,25H,5-6,11-12H2,1-4H3,(H,24,26). The molecule has 0 fully saturated rings. The van der Waals surface area contributed by atoms with Gasteiger partial charge in [-0.15, -0.1) is 0 Å². The van der Waals surface area contributed by atoms with Crippen LogP contribution in [0.2, 0.25) is 0 Å². The quantitative estimate of drug-likeness (QED) is 0.602. The molecular formula is C23H28N2O3. The first-order chi connectivity index (χ1) is 13.5. The molecule has 1 aromatic heterocycles. The van der Waals surface area contributed by atoms with Crippen molar-refractivity contribution < 1.29 is 14.3 Å². The monoisotopic (exact) mass is 380 g/mol. The molecule has 148 valence electrons. The Balaban J connectivity index is 1.63. The van der Waals surface area contributed by atoms with E-state index >= 15 is 0 Å². The summed E-state index contributed by atoms with van der Waals surface area (Å²) in [4.78, 5) is 15.9. The summed E-state index contributed by atoms with van der Waals surface area (Å²) in [6, 6.07) is 11.7. The molecule has 0 spiro atoms. The number of benzene rings is 2. The maximum absolute atomic E-state index is 12.5. The number of ether oxygens (including phenoxy) is 2. The van der Waals surface area contributed by atoms with Crippen LogP contribution >= 0.6 is 0 Å². The van der Waals surface area contributed by atoms with Crippen LogP contribution in [0.25, 0.3) is 10.9 Å². The van der Waals surface area contributed by atoms with Crippen LogP contribution < -0.4 is 14.8 Å². The summed E-state index contributed by atoms with van der Waals surface area (Å²) in [7, 11) is 0. The molecule has 0 aliphatic heterocycles. The smallest absolute Gasteiger partial charge is 0.251 e. The van der Waals surface area contributed by atoms with E-state index in [0.717, 1.165) is 40.1 Å². The lowest BCUT2D eigenvalue weighted by Gasteiger charge is -2.12. The summed E-state index contributed by atoms with van der Waals surface area (Å²) in [6.45, 7) is 9.75.